The van der Waals surface area contributed by atoms with Crippen LogP contribution >= 0.6 is 12.6 Å². The van der Waals surface area contributed by atoms with Crippen LogP contribution in [-0.4, -0.2) is 75.0 Å². The number of hydrogen-bond donors (Lipinski definition) is 8. The van der Waals surface area contributed by atoms with Crippen molar-refractivity contribution in [3.63, 3.8) is 0 Å². The van der Waals surface area contributed by atoms with Crippen molar-refractivity contribution < 1.29 is 34.5 Å². The number of carbonyl (C=O) groups excluding carboxylic acids is 3. The fraction of sp³-hybridized carbons (Fsp3) is 0.474. The van der Waals surface area contributed by atoms with E-state index in [0.717, 1.165) is 0 Å². The van der Waals surface area contributed by atoms with E-state index in [1.165, 1.54) is 38.1 Å². The van der Waals surface area contributed by atoms with Crippen molar-refractivity contribution in [3.8, 4) is 5.75 Å². The SMILES string of the molecule is CC(NC(=O)C(N)C(C)O)C(=O)NC(CS)C(=O)NC(Cc1ccc(O)cc1)C(=O)O. The molecule has 0 aliphatic carbocycles. The number of carbonyl (C=O) groups is 4. The summed E-state index contributed by atoms with van der Waals surface area (Å²) >= 11 is 4.02. The van der Waals surface area contributed by atoms with Gasteiger partial charge < -0.3 is 37.0 Å². The molecule has 0 aliphatic heterocycles. The van der Waals surface area contributed by atoms with Gasteiger partial charge in [0.1, 0.15) is 29.9 Å². The number of aliphatic carboxylic acids is 1. The van der Waals surface area contributed by atoms with Gasteiger partial charge in [-0.25, -0.2) is 4.79 Å². The van der Waals surface area contributed by atoms with Crippen molar-refractivity contribution in [1.29, 1.82) is 0 Å². The number of nitrogens with two attached hydrogens (primary N) is 1. The van der Waals surface area contributed by atoms with E-state index in [1.807, 2.05) is 0 Å². The first-order chi connectivity index (χ1) is 14.5. The monoisotopic (exact) mass is 456 g/mol. The van der Waals surface area contributed by atoms with E-state index in [-0.39, 0.29) is 17.9 Å². The van der Waals surface area contributed by atoms with E-state index in [2.05, 4.69) is 28.6 Å². The van der Waals surface area contributed by atoms with Gasteiger partial charge in [0.05, 0.1) is 6.10 Å². The molecule has 0 saturated carbocycles. The van der Waals surface area contributed by atoms with E-state index in [9.17, 15) is 34.5 Å². The second-order valence-corrected chi connectivity index (χ2v) is 7.38. The summed E-state index contributed by atoms with van der Waals surface area (Å²) in [4.78, 5) is 48.2. The summed E-state index contributed by atoms with van der Waals surface area (Å²) in [5.41, 5.74) is 6.07. The summed E-state index contributed by atoms with van der Waals surface area (Å²) in [6, 6.07) is 1.10. The highest BCUT2D eigenvalue weighted by molar-refractivity contribution is 7.80. The first kappa shape index (κ1) is 26.2. The maximum absolute atomic E-state index is 12.5. The molecule has 3 amide bonds. The van der Waals surface area contributed by atoms with Crippen molar-refractivity contribution in [2.45, 2.75) is 50.5 Å². The van der Waals surface area contributed by atoms with E-state index in [1.54, 1.807) is 0 Å². The Kier molecular flexibility index (Phi) is 10.3. The van der Waals surface area contributed by atoms with Gasteiger partial charge >= 0.3 is 5.97 Å². The van der Waals surface area contributed by atoms with Gasteiger partial charge in [0, 0.05) is 12.2 Å². The summed E-state index contributed by atoms with van der Waals surface area (Å²) in [5.74, 6) is -3.62. The number of amides is 3. The fourth-order valence-corrected chi connectivity index (χ4v) is 2.68. The highest BCUT2D eigenvalue weighted by atomic mass is 32.1. The first-order valence-electron chi connectivity index (χ1n) is 9.42. The van der Waals surface area contributed by atoms with Crippen LogP contribution in [0, 0.1) is 0 Å². The second kappa shape index (κ2) is 12.1. The number of aliphatic hydroxyl groups is 1. The van der Waals surface area contributed by atoms with Gasteiger partial charge in [-0.2, -0.15) is 12.6 Å². The Morgan fingerprint density at radius 1 is 0.968 bits per heavy atom. The maximum atomic E-state index is 12.5. The summed E-state index contributed by atoms with van der Waals surface area (Å²) in [6.07, 6.45) is -1.16. The third-order valence-corrected chi connectivity index (χ3v) is 4.75. The molecule has 0 aromatic heterocycles. The van der Waals surface area contributed by atoms with Crippen LogP contribution in [0.1, 0.15) is 19.4 Å². The number of nitrogens with one attached hydrogen (secondary N) is 3. The molecule has 0 radical (unpaired) electrons. The lowest BCUT2D eigenvalue weighted by molar-refractivity contribution is -0.142. The van der Waals surface area contributed by atoms with Gasteiger partial charge in [0.25, 0.3) is 0 Å². The molecule has 0 aliphatic rings. The molecule has 31 heavy (non-hydrogen) atoms. The zero-order chi connectivity index (χ0) is 23.7. The predicted octanol–water partition coefficient (Wildman–Crippen LogP) is -1.87. The van der Waals surface area contributed by atoms with E-state index in [0.29, 0.717) is 5.56 Å². The highest BCUT2D eigenvalue weighted by Crippen LogP contribution is 2.11. The molecule has 5 atom stereocenters. The van der Waals surface area contributed by atoms with Crippen molar-refractivity contribution in [2.75, 3.05) is 5.75 Å². The molecule has 1 aromatic rings. The largest absolute Gasteiger partial charge is 0.508 e. The van der Waals surface area contributed by atoms with Gasteiger partial charge in [0.2, 0.25) is 17.7 Å². The Balaban J connectivity index is 2.73. The molecule has 12 heteroatoms. The zero-order valence-electron chi connectivity index (χ0n) is 17.1. The van der Waals surface area contributed by atoms with Crippen LogP contribution in [0.3, 0.4) is 0 Å². The third-order valence-electron chi connectivity index (χ3n) is 4.38. The van der Waals surface area contributed by atoms with Crippen molar-refractivity contribution in [1.82, 2.24) is 16.0 Å². The summed E-state index contributed by atoms with van der Waals surface area (Å²) in [5, 5.41) is 35.1. The number of rotatable bonds is 11. The second-order valence-electron chi connectivity index (χ2n) is 7.01. The molecule has 172 valence electrons. The Morgan fingerprint density at radius 2 is 1.52 bits per heavy atom. The van der Waals surface area contributed by atoms with Gasteiger partial charge in [0.15, 0.2) is 0 Å². The van der Waals surface area contributed by atoms with E-state index >= 15 is 0 Å². The minimum Gasteiger partial charge on any atom is -0.508 e. The zero-order valence-corrected chi connectivity index (χ0v) is 18.0. The van der Waals surface area contributed by atoms with Crippen molar-refractivity contribution in [2.24, 2.45) is 5.73 Å². The van der Waals surface area contributed by atoms with Crippen LogP contribution < -0.4 is 21.7 Å². The molecule has 0 heterocycles. The standard InChI is InChI=1S/C19H28N4O7S/c1-9(21-18(28)15(20)10(2)24)16(26)23-14(8-31)17(27)22-13(19(29)30)7-11-3-5-12(25)6-4-11/h3-6,9-10,13-15,24-25,31H,7-8,20H2,1-2H3,(H,21,28)(H,22,27)(H,23,26)(H,29,30). The molecule has 0 fully saturated rings. The molecular weight excluding hydrogens is 428 g/mol. The van der Waals surface area contributed by atoms with Crippen molar-refractivity contribution in [3.05, 3.63) is 29.8 Å². The van der Waals surface area contributed by atoms with Crippen molar-refractivity contribution >= 4 is 36.3 Å². The molecule has 8 N–H and O–H groups in total. The number of phenolic OH excluding ortho intramolecular Hbond substituents is 1. The number of aliphatic hydroxyl groups excluding tert-OH is 1. The van der Waals surface area contributed by atoms with Crippen LogP contribution in [-0.2, 0) is 25.6 Å². The minimum absolute atomic E-state index is 0.0214. The number of carboxylic acids is 1. The summed E-state index contributed by atoms with van der Waals surface area (Å²) in [6.45, 7) is 2.69. The summed E-state index contributed by atoms with van der Waals surface area (Å²) < 4.78 is 0. The lowest BCUT2D eigenvalue weighted by atomic mass is 10.1. The molecule has 0 bridgehead atoms. The van der Waals surface area contributed by atoms with Crippen LogP contribution in [0.4, 0.5) is 0 Å². The topological polar surface area (TPSA) is 191 Å². The molecular formula is C19H28N4O7S. The smallest absolute Gasteiger partial charge is 0.326 e. The third kappa shape index (κ3) is 8.44. The average molecular weight is 457 g/mol. The number of thiol groups is 1. The molecule has 1 aromatic carbocycles. The highest BCUT2D eigenvalue weighted by Gasteiger charge is 2.28. The van der Waals surface area contributed by atoms with E-state index < -0.39 is 54.0 Å². The number of phenols is 1. The maximum Gasteiger partial charge on any atom is 0.326 e. The van der Waals surface area contributed by atoms with Crippen LogP contribution in [0.2, 0.25) is 0 Å². The van der Waals surface area contributed by atoms with Gasteiger partial charge in [-0.15, -0.1) is 0 Å². The molecule has 5 unspecified atom stereocenters. The number of hydrogen-bond acceptors (Lipinski definition) is 8. The normalized spacial score (nSPS) is 15.6. The Labute approximate surface area is 184 Å². The Hall–Kier alpha value is -2.83. The molecule has 11 nitrogen and oxygen atoms in total. The van der Waals surface area contributed by atoms with Gasteiger partial charge in [-0.1, -0.05) is 12.1 Å². The summed E-state index contributed by atoms with van der Waals surface area (Å²) in [7, 11) is 0. The predicted molar refractivity (Wildman–Crippen MR) is 114 cm³/mol. The quantitative estimate of drug-likeness (QED) is 0.178. The average Bonchev–Trinajstić information content (AvgIpc) is 2.71. The first-order valence-corrected chi connectivity index (χ1v) is 10.1. The Bertz CT molecular complexity index is 788. The number of carboxylic acid groups (broad SMARTS) is 1. The molecule has 0 spiro atoms. The van der Waals surface area contributed by atoms with E-state index in [4.69, 9.17) is 5.73 Å². The fourth-order valence-electron chi connectivity index (χ4n) is 2.43. The van der Waals surface area contributed by atoms with Crippen LogP contribution in [0.5, 0.6) is 5.75 Å². The van der Waals surface area contributed by atoms with Crippen LogP contribution in [0.15, 0.2) is 24.3 Å². The Morgan fingerprint density at radius 3 is 2.00 bits per heavy atom. The minimum atomic E-state index is -1.28. The molecule has 0 saturated heterocycles. The number of benzene rings is 1. The number of aromatic hydroxyl groups is 1. The van der Waals surface area contributed by atoms with Gasteiger partial charge in [-0.05, 0) is 31.5 Å². The van der Waals surface area contributed by atoms with Crippen LogP contribution in [0.25, 0.3) is 0 Å². The van der Waals surface area contributed by atoms with Gasteiger partial charge in [-0.3, -0.25) is 14.4 Å². The molecule has 1 rings (SSSR count). The lowest BCUT2D eigenvalue weighted by Crippen LogP contribution is -2.58. The lowest BCUT2D eigenvalue weighted by Gasteiger charge is -2.23.